The number of para-hydroxylation sites is 1. The van der Waals surface area contributed by atoms with Gasteiger partial charge in [0, 0.05) is 37.4 Å². The van der Waals surface area contributed by atoms with Crippen molar-refractivity contribution in [3.05, 3.63) is 46.7 Å². The number of piperidine rings is 1. The van der Waals surface area contributed by atoms with Crippen LogP contribution in [0.25, 0.3) is 0 Å². The maximum atomic E-state index is 12.4. The van der Waals surface area contributed by atoms with Crippen molar-refractivity contribution in [3.8, 4) is 0 Å². The molecule has 7 heteroatoms. The number of carbonyl (C=O) groups excluding carboxylic acids is 2. The van der Waals surface area contributed by atoms with E-state index in [0.717, 1.165) is 18.5 Å². The van der Waals surface area contributed by atoms with Gasteiger partial charge in [0.05, 0.1) is 5.92 Å². The van der Waals surface area contributed by atoms with Gasteiger partial charge in [-0.3, -0.25) is 4.79 Å². The molecule has 126 valence electrons. The fourth-order valence-electron chi connectivity index (χ4n) is 2.71. The van der Waals surface area contributed by atoms with Crippen LogP contribution in [0.4, 0.5) is 10.5 Å². The Kier molecular flexibility index (Phi) is 5.10. The summed E-state index contributed by atoms with van der Waals surface area (Å²) in [5.41, 5.74) is 0.756. The molecule has 3 amide bonds. The number of aromatic nitrogens is 1. The lowest BCUT2D eigenvalue weighted by Gasteiger charge is -2.31. The number of rotatable bonds is 2. The van der Waals surface area contributed by atoms with E-state index in [1.165, 1.54) is 11.3 Å². The van der Waals surface area contributed by atoms with Crippen molar-refractivity contribution in [1.29, 1.82) is 0 Å². The molecule has 1 aromatic heterocycles. The second kappa shape index (κ2) is 7.44. The zero-order chi connectivity index (χ0) is 16.9. The molecule has 1 aliphatic heterocycles. The Balaban J connectivity index is 1.65. The van der Waals surface area contributed by atoms with Crippen molar-refractivity contribution in [2.45, 2.75) is 12.8 Å². The van der Waals surface area contributed by atoms with E-state index in [9.17, 15) is 9.59 Å². The van der Waals surface area contributed by atoms with Crippen molar-refractivity contribution in [2.24, 2.45) is 18.0 Å². The van der Waals surface area contributed by atoms with E-state index >= 15 is 0 Å². The third kappa shape index (κ3) is 3.91. The molecule has 1 aromatic carbocycles. The smallest absolute Gasteiger partial charge is 0.321 e. The van der Waals surface area contributed by atoms with Gasteiger partial charge in [0.15, 0.2) is 4.80 Å². The second-order valence-corrected chi connectivity index (χ2v) is 6.70. The van der Waals surface area contributed by atoms with E-state index in [1.807, 2.05) is 53.5 Å². The molecule has 0 saturated carbocycles. The first kappa shape index (κ1) is 16.4. The summed E-state index contributed by atoms with van der Waals surface area (Å²) in [7, 11) is 1.86. The average Bonchev–Trinajstić information content (AvgIpc) is 3.00. The van der Waals surface area contributed by atoms with Crippen LogP contribution in [-0.2, 0) is 11.8 Å². The highest BCUT2D eigenvalue weighted by atomic mass is 32.1. The van der Waals surface area contributed by atoms with Crippen molar-refractivity contribution in [3.63, 3.8) is 0 Å². The van der Waals surface area contributed by atoms with E-state index in [4.69, 9.17) is 0 Å². The molecule has 1 atom stereocenters. The van der Waals surface area contributed by atoms with E-state index in [0.29, 0.717) is 17.9 Å². The molecule has 0 radical (unpaired) electrons. The highest BCUT2D eigenvalue weighted by molar-refractivity contribution is 7.07. The predicted molar refractivity (Wildman–Crippen MR) is 93.6 cm³/mol. The zero-order valence-corrected chi connectivity index (χ0v) is 14.3. The van der Waals surface area contributed by atoms with Gasteiger partial charge in [0.2, 0.25) is 0 Å². The van der Waals surface area contributed by atoms with Crippen LogP contribution in [0.5, 0.6) is 0 Å². The van der Waals surface area contributed by atoms with Crippen molar-refractivity contribution >= 4 is 29.0 Å². The zero-order valence-electron chi connectivity index (χ0n) is 13.5. The first-order valence-corrected chi connectivity index (χ1v) is 8.81. The van der Waals surface area contributed by atoms with Gasteiger partial charge in [0.1, 0.15) is 0 Å². The first-order chi connectivity index (χ1) is 11.6. The summed E-state index contributed by atoms with van der Waals surface area (Å²) in [5.74, 6) is -0.382. The van der Waals surface area contributed by atoms with Gasteiger partial charge >= 0.3 is 6.03 Å². The Bertz CT molecular complexity index is 781. The average molecular weight is 344 g/mol. The molecular formula is C17H20N4O2S. The number of hydrogen-bond acceptors (Lipinski definition) is 3. The third-order valence-corrected chi connectivity index (χ3v) is 4.90. The lowest BCUT2D eigenvalue weighted by molar-refractivity contribution is -0.123. The molecule has 3 rings (SSSR count). The molecule has 0 aliphatic carbocycles. The number of amides is 3. The quantitative estimate of drug-likeness (QED) is 0.909. The second-order valence-electron chi connectivity index (χ2n) is 5.83. The van der Waals surface area contributed by atoms with Crippen LogP contribution in [0.3, 0.4) is 0 Å². The number of aryl methyl sites for hydroxylation is 1. The minimum atomic E-state index is -0.234. The highest BCUT2D eigenvalue weighted by Gasteiger charge is 2.28. The number of urea groups is 1. The summed E-state index contributed by atoms with van der Waals surface area (Å²) in [6.07, 6.45) is 3.45. The SMILES string of the molecule is Cn1ccsc1=NC(=O)C1CCCN(C(=O)Nc2ccccc2)C1. The fourth-order valence-corrected chi connectivity index (χ4v) is 3.44. The molecule has 2 heterocycles. The number of thiazole rings is 1. The van der Waals surface area contributed by atoms with Crippen molar-refractivity contribution < 1.29 is 9.59 Å². The van der Waals surface area contributed by atoms with Crippen LogP contribution >= 0.6 is 11.3 Å². The van der Waals surface area contributed by atoms with Gasteiger partial charge in [-0.1, -0.05) is 18.2 Å². The molecule has 1 unspecified atom stereocenters. The molecule has 24 heavy (non-hydrogen) atoms. The summed E-state index contributed by atoms with van der Waals surface area (Å²) < 4.78 is 1.82. The molecular weight excluding hydrogens is 324 g/mol. The number of hydrogen-bond donors (Lipinski definition) is 1. The minimum Gasteiger partial charge on any atom is -0.327 e. The Hall–Kier alpha value is -2.41. The maximum Gasteiger partial charge on any atom is 0.321 e. The fraction of sp³-hybridized carbons (Fsp3) is 0.353. The van der Waals surface area contributed by atoms with Gasteiger partial charge in [0.25, 0.3) is 5.91 Å². The van der Waals surface area contributed by atoms with Crippen LogP contribution in [-0.4, -0.2) is 34.5 Å². The predicted octanol–water partition coefficient (Wildman–Crippen LogP) is 2.46. The summed E-state index contributed by atoms with van der Waals surface area (Å²) in [4.78, 5) is 31.4. The number of nitrogens with one attached hydrogen (secondary N) is 1. The monoisotopic (exact) mass is 344 g/mol. The first-order valence-electron chi connectivity index (χ1n) is 7.93. The van der Waals surface area contributed by atoms with Gasteiger partial charge < -0.3 is 14.8 Å². The van der Waals surface area contributed by atoms with Crippen LogP contribution in [0.15, 0.2) is 46.9 Å². The van der Waals surface area contributed by atoms with Crippen LogP contribution in [0, 0.1) is 5.92 Å². The normalized spacial score (nSPS) is 18.5. The third-order valence-electron chi connectivity index (χ3n) is 4.05. The maximum absolute atomic E-state index is 12.4. The van der Waals surface area contributed by atoms with Gasteiger partial charge in [-0.15, -0.1) is 11.3 Å². The Morgan fingerprint density at radius 1 is 1.29 bits per heavy atom. The van der Waals surface area contributed by atoms with Gasteiger partial charge in [-0.2, -0.15) is 4.99 Å². The summed E-state index contributed by atoms with van der Waals surface area (Å²) in [6, 6.07) is 9.17. The molecule has 1 aliphatic rings. The largest absolute Gasteiger partial charge is 0.327 e. The van der Waals surface area contributed by atoms with Crippen LogP contribution in [0.2, 0.25) is 0 Å². The number of likely N-dealkylation sites (tertiary alicyclic amines) is 1. The topological polar surface area (TPSA) is 66.7 Å². The summed E-state index contributed by atoms with van der Waals surface area (Å²) in [6.45, 7) is 1.07. The van der Waals surface area contributed by atoms with E-state index in [2.05, 4.69) is 10.3 Å². The van der Waals surface area contributed by atoms with E-state index in [-0.39, 0.29) is 17.9 Å². The number of nitrogens with zero attached hydrogens (tertiary/aromatic N) is 3. The lowest BCUT2D eigenvalue weighted by Crippen LogP contribution is -2.44. The molecule has 0 bridgehead atoms. The van der Waals surface area contributed by atoms with Crippen LogP contribution in [0.1, 0.15) is 12.8 Å². The Morgan fingerprint density at radius 2 is 2.08 bits per heavy atom. The van der Waals surface area contributed by atoms with E-state index in [1.54, 1.807) is 4.90 Å². The summed E-state index contributed by atoms with van der Waals surface area (Å²) in [5, 5.41) is 4.76. The molecule has 1 fully saturated rings. The van der Waals surface area contributed by atoms with Crippen LogP contribution < -0.4 is 10.1 Å². The molecule has 2 aromatic rings. The molecule has 1 N–H and O–H groups in total. The summed E-state index contributed by atoms with van der Waals surface area (Å²) >= 11 is 1.43. The Labute approximate surface area is 144 Å². The number of anilines is 1. The highest BCUT2D eigenvalue weighted by Crippen LogP contribution is 2.19. The van der Waals surface area contributed by atoms with Crippen molar-refractivity contribution in [2.75, 3.05) is 18.4 Å². The lowest BCUT2D eigenvalue weighted by atomic mass is 9.98. The minimum absolute atomic E-state index is 0.148. The van der Waals surface area contributed by atoms with E-state index < -0.39 is 0 Å². The van der Waals surface area contributed by atoms with Gasteiger partial charge in [-0.25, -0.2) is 4.79 Å². The molecule has 6 nitrogen and oxygen atoms in total. The van der Waals surface area contributed by atoms with Crippen molar-refractivity contribution in [1.82, 2.24) is 9.47 Å². The Morgan fingerprint density at radius 3 is 2.79 bits per heavy atom. The number of benzene rings is 1. The molecule has 1 saturated heterocycles. The van der Waals surface area contributed by atoms with Gasteiger partial charge in [-0.05, 0) is 25.0 Å². The molecule has 0 spiro atoms. The number of carbonyl (C=O) groups is 2. The standard InChI is InChI=1S/C17H20N4O2S/c1-20-10-11-24-17(20)19-15(22)13-6-5-9-21(12-13)16(23)18-14-7-3-2-4-8-14/h2-4,7-8,10-11,13H,5-6,9,12H2,1H3,(H,18,23).